The summed E-state index contributed by atoms with van der Waals surface area (Å²) in [6.45, 7) is 6.33. The van der Waals surface area contributed by atoms with Gasteiger partial charge < -0.3 is 10.0 Å². The maximum Gasteiger partial charge on any atom is 0.131 e. The minimum atomic E-state index is -0.843. The summed E-state index contributed by atoms with van der Waals surface area (Å²) >= 11 is 0. The van der Waals surface area contributed by atoms with Crippen LogP contribution in [-0.2, 0) is 0 Å². The van der Waals surface area contributed by atoms with E-state index in [1.807, 2.05) is 43.0 Å². The summed E-state index contributed by atoms with van der Waals surface area (Å²) in [5.41, 5.74) is 3.21. The largest absolute Gasteiger partial charge is 0.389 e. The lowest BCUT2D eigenvalue weighted by molar-refractivity contribution is 0.194. The van der Waals surface area contributed by atoms with Crippen molar-refractivity contribution in [2.45, 2.75) is 26.9 Å². The molecule has 2 rings (SSSR count). The van der Waals surface area contributed by atoms with Crippen LogP contribution in [0.5, 0.6) is 0 Å². The molecule has 0 aliphatic carbocycles. The van der Waals surface area contributed by atoms with Gasteiger partial charge in [-0.25, -0.2) is 4.39 Å². The quantitative estimate of drug-likeness (QED) is 0.895. The van der Waals surface area contributed by atoms with Gasteiger partial charge in [0.25, 0.3) is 0 Å². The van der Waals surface area contributed by atoms with Gasteiger partial charge in [0.05, 0.1) is 6.10 Å². The van der Waals surface area contributed by atoms with Gasteiger partial charge in [0, 0.05) is 23.5 Å². The molecule has 20 heavy (non-hydrogen) atoms. The Balaban J connectivity index is 2.55. The maximum atomic E-state index is 14.0. The van der Waals surface area contributed by atoms with Crippen LogP contribution in [0, 0.1) is 12.7 Å². The minimum absolute atomic E-state index is 0.343. The second kappa shape index (κ2) is 6.06. The van der Waals surface area contributed by atoms with Crippen molar-refractivity contribution in [2.75, 3.05) is 11.4 Å². The molecule has 0 spiro atoms. The van der Waals surface area contributed by atoms with Crippen LogP contribution in [0.3, 0.4) is 0 Å². The summed E-state index contributed by atoms with van der Waals surface area (Å²) in [6, 6.07) is 13.0. The summed E-state index contributed by atoms with van der Waals surface area (Å²) < 4.78 is 14.0. The summed E-state index contributed by atoms with van der Waals surface area (Å²) in [7, 11) is 0. The molecule has 1 N–H and O–H groups in total. The lowest BCUT2D eigenvalue weighted by Gasteiger charge is -2.27. The lowest BCUT2D eigenvalue weighted by Crippen LogP contribution is -2.19. The predicted octanol–water partition coefficient (Wildman–Crippen LogP) is 4.35. The first-order valence-corrected chi connectivity index (χ1v) is 6.85. The van der Waals surface area contributed by atoms with Crippen molar-refractivity contribution >= 4 is 11.4 Å². The topological polar surface area (TPSA) is 23.5 Å². The first-order valence-electron chi connectivity index (χ1n) is 6.85. The van der Waals surface area contributed by atoms with E-state index in [0.29, 0.717) is 17.8 Å². The summed E-state index contributed by atoms with van der Waals surface area (Å²) in [5, 5.41) is 9.86. The number of benzene rings is 2. The molecule has 0 heterocycles. The van der Waals surface area contributed by atoms with E-state index < -0.39 is 6.10 Å². The Hall–Kier alpha value is -1.87. The van der Waals surface area contributed by atoms with Gasteiger partial charge in [-0.1, -0.05) is 18.2 Å². The Kier molecular flexibility index (Phi) is 4.40. The van der Waals surface area contributed by atoms with Gasteiger partial charge >= 0.3 is 0 Å². The lowest BCUT2D eigenvalue weighted by atomic mass is 10.1. The molecule has 106 valence electrons. The van der Waals surface area contributed by atoms with Crippen molar-refractivity contribution in [1.29, 1.82) is 0 Å². The van der Waals surface area contributed by atoms with Gasteiger partial charge in [0.15, 0.2) is 0 Å². The SMILES string of the molecule is CCN(c1cccc(C)c1)c1cccc(F)c1[C@@H](C)O. The van der Waals surface area contributed by atoms with Crippen LogP contribution < -0.4 is 4.90 Å². The van der Waals surface area contributed by atoms with E-state index in [9.17, 15) is 9.50 Å². The normalized spacial score (nSPS) is 12.2. The maximum absolute atomic E-state index is 14.0. The Morgan fingerprint density at radius 3 is 2.50 bits per heavy atom. The van der Waals surface area contributed by atoms with E-state index in [2.05, 4.69) is 6.07 Å². The molecule has 0 unspecified atom stereocenters. The first kappa shape index (κ1) is 14.5. The Labute approximate surface area is 119 Å². The average molecular weight is 273 g/mol. The van der Waals surface area contributed by atoms with Crippen LogP contribution in [0.25, 0.3) is 0 Å². The summed E-state index contributed by atoms with van der Waals surface area (Å²) in [6.07, 6.45) is -0.843. The number of anilines is 2. The van der Waals surface area contributed by atoms with Crippen molar-refractivity contribution in [3.63, 3.8) is 0 Å². The van der Waals surface area contributed by atoms with Gasteiger partial charge in [-0.3, -0.25) is 0 Å². The summed E-state index contributed by atoms with van der Waals surface area (Å²) in [4.78, 5) is 2.01. The van der Waals surface area contributed by atoms with Gasteiger partial charge in [0.2, 0.25) is 0 Å². The van der Waals surface area contributed by atoms with E-state index in [1.54, 1.807) is 13.0 Å². The van der Waals surface area contributed by atoms with Crippen LogP contribution >= 0.6 is 0 Å². The molecule has 0 fully saturated rings. The van der Waals surface area contributed by atoms with E-state index >= 15 is 0 Å². The molecule has 0 bridgehead atoms. The molecular weight excluding hydrogens is 253 g/mol. The van der Waals surface area contributed by atoms with E-state index in [-0.39, 0.29) is 5.82 Å². The molecule has 2 aromatic carbocycles. The van der Waals surface area contributed by atoms with Crippen molar-refractivity contribution < 1.29 is 9.50 Å². The highest BCUT2D eigenvalue weighted by Crippen LogP contribution is 2.33. The van der Waals surface area contributed by atoms with Crippen molar-refractivity contribution in [3.05, 3.63) is 59.4 Å². The highest BCUT2D eigenvalue weighted by Gasteiger charge is 2.18. The third kappa shape index (κ3) is 2.83. The molecule has 2 nitrogen and oxygen atoms in total. The zero-order valence-corrected chi connectivity index (χ0v) is 12.1. The molecule has 2 aromatic rings. The van der Waals surface area contributed by atoms with Crippen molar-refractivity contribution in [3.8, 4) is 0 Å². The minimum Gasteiger partial charge on any atom is -0.389 e. The fraction of sp³-hybridized carbons (Fsp3) is 0.294. The fourth-order valence-corrected chi connectivity index (χ4v) is 2.46. The Morgan fingerprint density at radius 1 is 1.20 bits per heavy atom. The fourth-order valence-electron chi connectivity index (χ4n) is 2.46. The molecule has 3 heteroatoms. The van der Waals surface area contributed by atoms with Gasteiger partial charge in [-0.15, -0.1) is 0 Å². The molecule has 0 amide bonds. The number of hydrogen-bond acceptors (Lipinski definition) is 2. The zero-order valence-electron chi connectivity index (χ0n) is 12.1. The monoisotopic (exact) mass is 273 g/mol. The second-order valence-corrected chi connectivity index (χ2v) is 4.93. The Morgan fingerprint density at radius 2 is 1.90 bits per heavy atom. The highest BCUT2D eigenvalue weighted by molar-refractivity contribution is 5.67. The Bertz CT molecular complexity index is 595. The molecule has 0 saturated heterocycles. The second-order valence-electron chi connectivity index (χ2n) is 4.93. The van der Waals surface area contributed by atoms with Gasteiger partial charge in [0.1, 0.15) is 5.82 Å². The van der Waals surface area contributed by atoms with Crippen LogP contribution in [0.1, 0.15) is 31.1 Å². The van der Waals surface area contributed by atoms with E-state index in [0.717, 1.165) is 11.3 Å². The van der Waals surface area contributed by atoms with E-state index in [4.69, 9.17) is 0 Å². The molecule has 0 aliphatic heterocycles. The number of rotatable bonds is 4. The molecule has 0 radical (unpaired) electrons. The van der Waals surface area contributed by atoms with Gasteiger partial charge in [-0.05, 0) is 50.6 Å². The number of aliphatic hydroxyl groups excluding tert-OH is 1. The molecule has 1 atom stereocenters. The van der Waals surface area contributed by atoms with Crippen LogP contribution in [0.15, 0.2) is 42.5 Å². The highest BCUT2D eigenvalue weighted by atomic mass is 19.1. The molecule has 0 aliphatic rings. The summed E-state index contributed by atoms with van der Waals surface area (Å²) in [5.74, 6) is -0.372. The number of nitrogens with zero attached hydrogens (tertiary/aromatic N) is 1. The molecule has 0 saturated carbocycles. The molecular formula is C17H20FNO. The van der Waals surface area contributed by atoms with E-state index in [1.165, 1.54) is 6.07 Å². The third-order valence-electron chi connectivity index (χ3n) is 3.37. The standard InChI is InChI=1S/C17H20FNO/c1-4-19(14-8-5-7-12(2)11-14)16-10-6-9-15(18)17(16)13(3)20/h5-11,13,20H,4H2,1-3H3/t13-/m1/s1. The third-order valence-corrected chi connectivity index (χ3v) is 3.37. The van der Waals surface area contributed by atoms with Crippen LogP contribution in [-0.4, -0.2) is 11.7 Å². The predicted molar refractivity (Wildman–Crippen MR) is 80.9 cm³/mol. The number of halogens is 1. The van der Waals surface area contributed by atoms with Crippen LogP contribution in [0.4, 0.5) is 15.8 Å². The van der Waals surface area contributed by atoms with Crippen molar-refractivity contribution in [1.82, 2.24) is 0 Å². The zero-order chi connectivity index (χ0) is 14.7. The van der Waals surface area contributed by atoms with Crippen molar-refractivity contribution in [2.24, 2.45) is 0 Å². The average Bonchev–Trinajstić information content (AvgIpc) is 2.39. The van der Waals surface area contributed by atoms with Crippen LogP contribution in [0.2, 0.25) is 0 Å². The first-order chi connectivity index (χ1) is 9.54. The number of hydrogen-bond donors (Lipinski definition) is 1. The number of aliphatic hydroxyl groups is 1. The van der Waals surface area contributed by atoms with Gasteiger partial charge in [-0.2, -0.15) is 0 Å². The number of aryl methyl sites for hydroxylation is 1. The smallest absolute Gasteiger partial charge is 0.131 e. The molecule has 0 aromatic heterocycles.